The summed E-state index contributed by atoms with van der Waals surface area (Å²) in [5.41, 5.74) is 0. The topological polar surface area (TPSA) is 237 Å². The monoisotopic (exact) mass is 1450 g/mol. The van der Waals surface area contributed by atoms with E-state index in [-0.39, 0.29) is 25.9 Å². The van der Waals surface area contributed by atoms with Gasteiger partial charge in [0.25, 0.3) is 0 Å². The van der Waals surface area contributed by atoms with Gasteiger partial charge in [-0.05, 0) is 161 Å². The molecule has 100 heavy (non-hydrogen) atoms. The Hall–Kier alpha value is -4.12. The normalized spacial score (nSPS) is 14.5. The van der Waals surface area contributed by atoms with Crippen molar-refractivity contribution in [3.63, 3.8) is 0 Å². The molecule has 5 atom stereocenters. The highest BCUT2D eigenvalue weighted by atomic mass is 31.2. The van der Waals surface area contributed by atoms with E-state index in [1.165, 1.54) is 57.8 Å². The van der Waals surface area contributed by atoms with E-state index in [4.69, 9.17) is 37.0 Å². The van der Waals surface area contributed by atoms with Crippen LogP contribution in [0.25, 0.3) is 0 Å². The van der Waals surface area contributed by atoms with Crippen LogP contribution in [-0.2, 0) is 65.4 Å². The largest absolute Gasteiger partial charge is 0.472 e. The number of aliphatic hydroxyl groups excluding tert-OH is 1. The maximum Gasteiger partial charge on any atom is 0.472 e. The molecule has 0 aromatic heterocycles. The standard InChI is InChI=1S/C81H140O17P2/c1-4-7-10-13-16-19-22-25-28-29-32-37-42-46-51-56-61-66-80(85)97-77(72-91-69-64-59-54-49-44-39-34-33-38-43-48-53-58-63-68-82)74-95-99(87,88)93-70-76(83)71-94-100(89,90)96-75-78(98-81(86)67-62-57-52-47-41-36-31-27-24-21-18-15-12-9-6-3)73-92-79(84)65-60-55-50-45-40-35-30-26-23-20-17-14-11-8-5-2/h16-21,25-28,30-34,37,46,51,68,76-78,83H,4-15,22-24,29,35-36,38-45,47-50,52-67,69-75H2,1-3H3,(H,87,88)(H,89,90)/b19-16-,20-17-,21-18-,28-25-,30-26-,31-27-,34-33-,37-32-,51-46-/t76-,77+,78+/m0/s1. The Bertz CT molecular complexity index is 2290. The number of allylic oxidation sites excluding steroid dienone is 18. The summed E-state index contributed by atoms with van der Waals surface area (Å²) in [4.78, 5) is 70.6. The van der Waals surface area contributed by atoms with Crippen molar-refractivity contribution in [1.82, 2.24) is 0 Å². The van der Waals surface area contributed by atoms with Gasteiger partial charge in [0.2, 0.25) is 0 Å². The third kappa shape index (κ3) is 73.6. The van der Waals surface area contributed by atoms with Gasteiger partial charge in [0, 0.05) is 32.3 Å². The first kappa shape index (κ1) is 95.9. The molecule has 0 bridgehead atoms. The Morgan fingerprint density at radius 3 is 0.980 bits per heavy atom. The number of hydrogen-bond acceptors (Lipinski definition) is 15. The lowest BCUT2D eigenvalue weighted by atomic mass is 10.1. The van der Waals surface area contributed by atoms with Crippen molar-refractivity contribution >= 4 is 39.8 Å². The first-order chi connectivity index (χ1) is 48.8. The van der Waals surface area contributed by atoms with Gasteiger partial charge in [0.05, 0.1) is 33.0 Å². The highest BCUT2D eigenvalue weighted by Crippen LogP contribution is 2.45. The molecule has 19 heteroatoms. The number of carbonyl (C=O) groups excluding carboxylic acids is 4. The van der Waals surface area contributed by atoms with E-state index in [2.05, 4.69) is 118 Å². The van der Waals surface area contributed by atoms with E-state index in [1.54, 1.807) is 0 Å². The summed E-state index contributed by atoms with van der Waals surface area (Å²) in [6.45, 7) is 3.46. The minimum Gasteiger partial charge on any atom is -0.462 e. The number of esters is 3. The van der Waals surface area contributed by atoms with Gasteiger partial charge in [0.15, 0.2) is 6.10 Å². The number of unbranched alkanes of at least 4 members (excludes halogenated alkanes) is 30. The molecule has 2 unspecified atom stereocenters. The van der Waals surface area contributed by atoms with Crippen LogP contribution in [0.4, 0.5) is 0 Å². The average molecular weight is 1450 g/mol. The number of aliphatic hydroxyl groups is 1. The SMILES string of the molecule is CCCCC/C=C\C/C=C\C/C=C\C/C=C\CCCC(=O)O[C@H](COCCCCCCC/C=C\CCCCCCC=O)COP(=O)(O)OC[C@H](O)COP(=O)(O)OC[C@@H](COC(=O)CCCCCCC/C=C\C/C=C\CCCCC)OC(=O)CCCCCCC/C=C\C/C=C\CCCCC. The van der Waals surface area contributed by atoms with Gasteiger partial charge in [0.1, 0.15) is 25.1 Å². The molecule has 0 saturated heterocycles. The lowest BCUT2D eigenvalue weighted by Crippen LogP contribution is -2.30. The van der Waals surface area contributed by atoms with Crippen LogP contribution in [0.2, 0.25) is 0 Å². The molecule has 0 aromatic carbocycles. The van der Waals surface area contributed by atoms with Crippen LogP contribution in [-0.4, -0.2) is 104 Å². The molecular formula is C81H140O17P2. The summed E-state index contributed by atoms with van der Waals surface area (Å²) < 4.78 is 69.1. The van der Waals surface area contributed by atoms with Crippen molar-refractivity contribution in [2.75, 3.05) is 46.2 Å². The predicted octanol–water partition coefficient (Wildman–Crippen LogP) is 22.2. The van der Waals surface area contributed by atoms with E-state index in [1.807, 2.05) is 12.2 Å². The molecule has 0 radical (unpaired) electrons. The van der Waals surface area contributed by atoms with Gasteiger partial charge in [-0.2, -0.15) is 0 Å². The Morgan fingerprint density at radius 1 is 0.320 bits per heavy atom. The zero-order chi connectivity index (χ0) is 73.0. The molecular weight excluding hydrogens is 1310 g/mol. The molecule has 0 heterocycles. The molecule has 0 rings (SSSR count). The number of hydrogen-bond donors (Lipinski definition) is 3. The van der Waals surface area contributed by atoms with E-state index in [9.17, 15) is 43.2 Å². The quantitative estimate of drug-likeness (QED) is 0.0128. The molecule has 0 aliphatic rings. The molecule has 0 aromatic rings. The van der Waals surface area contributed by atoms with Gasteiger partial charge < -0.3 is 38.6 Å². The van der Waals surface area contributed by atoms with Gasteiger partial charge >= 0.3 is 33.6 Å². The Kier molecular flexibility index (Phi) is 71.5. The number of carbonyl (C=O) groups is 4. The molecule has 0 aliphatic heterocycles. The minimum absolute atomic E-state index is 0.0832. The second-order valence-electron chi connectivity index (χ2n) is 25.9. The number of aldehydes is 1. The summed E-state index contributed by atoms with van der Waals surface area (Å²) >= 11 is 0. The number of phosphoric ester groups is 2. The summed E-state index contributed by atoms with van der Waals surface area (Å²) in [5, 5.41) is 10.6. The molecule has 0 fully saturated rings. The highest BCUT2D eigenvalue weighted by molar-refractivity contribution is 7.47. The summed E-state index contributed by atoms with van der Waals surface area (Å²) in [6.07, 6.45) is 79.8. The number of rotatable bonds is 75. The first-order valence-corrected chi connectivity index (χ1v) is 42.1. The van der Waals surface area contributed by atoms with Crippen LogP contribution >= 0.6 is 15.6 Å². The van der Waals surface area contributed by atoms with E-state index in [0.29, 0.717) is 38.7 Å². The van der Waals surface area contributed by atoms with Crippen molar-refractivity contribution in [2.45, 2.75) is 334 Å². The maximum atomic E-state index is 13.1. The summed E-state index contributed by atoms with van der Waals surface area (Å²) in [6, 6.07) is 0. The molecule has 0 aliphatic carbocycles. The van der Waals surface area contributed by atoms with Crippen molar-refractivity contribution in [3.05, 3.63) is 109 Å². The summed E-state index contributed by atoms with van der Waals surface area (Å²) in [7, 11) is -9.87. The lowest BCUT2D eigenvalue weighted by Gasteiger charge is -2.21. The van der Waals surface area contributed by atoms with E-state index in [0.717, 1.165) is 192 Å². The smallest absolute Gasteiger partial charge is 0.462 e. The predicted molar refractivity (Wildman–Crippen MR) is 409 cm³/mol. The fourth-order valence-electron chi connectivity index (χ4n) is 10.2. The molecule has 0 saturated carbocycles. The fourth-order valence-corrected chi connectivity index (χ4v) is 11.8. The van der Waals surface area contributed by atoms with Gasteiger partial charge in [-0.3, -0.25) is 32.5 Å². The van der Waals surface area contributed by atoms with Gasteiger partial charge in [-0.15, -0.1) is 0 Å². The van der Waals surface area contributed by atoms with Gasteiger partial charge in [-0.1, -0.05) is 239 Å². The Labute approximate surface area is 607 Å². The molecule has 3 N–H and O–H groups in total. The second-order valence-corrected chi connectivity index (χ2v) is 28.8. The zero-order valence-electron chi connectivity index (χ0n) is 62.6. The van der Waals surface area contributed by atoms with E-state index < -0.39 is 84.9 Å². The van der Waals surface area contributed by atoms with Crippen LogP contribution in [0.15, 0.2) is 109 Å². The number of ether oxygens (including phenoxy) is 4. The molecule has 17 nitrogen and oxygen atoms in total. The van der Waals surface area contributed by atoms with Crippen LogP contribution in [0.1, 0.15) is 316 Å². The molecule has 0 amide bonds. The minimum atomic E-state index is -4.96. The Balaban J connectivity index is 5.37. The third-order valence-corrected chi connectivity index (χ3v) is 18.1. The van der Waals surface area contributed by atoms with Crippen LogP contribution in [0, 0.1) is 0 Å². The third-order valence-electron chi connectivity index (χ3n) is 16.2. The van der Waals surface area contributed by atoms with Crippen molar-refractivity contribution in [1.29, 1.82) is 0 Å². The fraction of sp³-hybridized carbons (Fsp3) is 0.728. The summed E-state index contributed by atoms with van der Waals surface area (Å²) in [5.74, 6) is -1.63. The highest BCUT2D eigenvalue weighted by Gasteiger charge is 2.30. The Morgan fingerprint density at radius 2 is 0.600 bits per heavy atom. The first-order valence-electron chi connectivity index (χ1n) is 39.1. The molecule has 576 valence electrons. The van der Waals surface area contributed by atoms with E-state index >= 15 is 0 Å². The maximum absolute atomic E-state index is 13.1. The van der Waals surface area contributed by atoms with Crippen molar-refractivity contribution < 1.29 is 80.2 Å². The van der Waals surface area contributed by atoms with Crippen molar-refractivity contribution in [2.24, 2.45) is 0 Å². The average Bonchev–Trinajstić information content (AvgIpc) is 0.991. The zero-order valence-corrected chi connectivity index (χ0v) is 64.4. The van der Waals surface area contributed by atoms with Gasteiger partial charge in [-0.25, -0.2) is 9.13 Å². The van der Waals surface area contributed by atoms with Crippen LogP contribution in [0.5, 0.6) is 0 Å². The molecule has 0 spiro atoms. The van der Waals surface area contributed by atoms with Crippen LogP contribution < -0.4 is 0 Å². The lowest BCUT2D eigenvalue weighted by molar-refractivity contribution is -0.161. The second kappa shape index (κ2) is 74.6. The van der Waals surface area contributed by atoms with Crippen molar-refractivity contribution in [3.8, 4) is 0 Å². The van der Waals surface area contributed by atoms with Crippen LogP contribution in [0.3, 0.4) is 0 Å². The number of phosphoric acid groups is 2.